The van der Waals surface area contributed by atoms with Gasteiger partial charge in [-0.25, -0.2) is 0 Å². The molecule has 0 bridgehead atoms. The third kappa shape index (κ3) is 12.3. The average Bonchev–Trinajstić information content (AvgIpc) is 2.47. The summed E-state index contributed by atoms with van der Waals surface area (Å²) < 4.78 is 10.7. The zero-order valence-corrected chi connectivity index (χ0v) is 14.4. The molecule has 0 aliphatic heterocycles. The molecule has 0 spiro atoms. The van der Waals surface area contributed by atoms with Gasteiger partial charge < -0.3 is 24.8 Å². The van der Waals surface area contributed by atoms with Crippen LogP contribution in [0.3, 0.4) is 0 Å². The molecular formula is C16H35NO5. The molecule has 0 rings (SSSR count). The van der Waals surface area contributed by atoms with Gasteiger partial charge in [0.15, 0.2) is 0 Å². The summed E-state index contributed by atoms with van der Waals surface area (Å²) in [7, 11) is 0. The molecule has 134 valence electrons. The first-order chi connectivity index (χ1) is 10.5. The van der Waals surface area contributed by atoms with Crippen LogP contribution in [-0.2, 0) is 9.47 Å². The molecule has 0 aromatic heterocycles. The Balaban J connectivity index is 3.97. The minimum Gasteiger partial charge on any atom is -0.389 e. The van der Waals surface area contributed by atoms with Gasteiger partial charge in [0.05, 0.1) is 25.4 Å². The highest BCUT2D eigenvalue weighted by Gasteiger charge is 2.19. The van der Waals surface area contributed by atoms with Crippen molar-refractivity contribution in [3.63, 3.8) is 0 Å². The Kier molecular flexibility index (Phi) is 14.2. The molecule has 22 heavy (non-hydrogen) atoms. The maximum atomic E-state index is 9.94. The van der Waals surface area contributed by atoms with Crippen LogP contribution in [0.25, 0.3) is 0 Å². The van der Waals surface area contributed by atoms with Gasteiger partial charge >= 0.3 is 0 Å². The Morgan fingerprint density at radius 3 is 1.55 bits per heavy atom. The van der Waals surface area contributed by atoms with Gasteiger partial charge in [0.1, 0.15) is 6.23 Å². The normalized spacial score (nSPS) is 16.0. The van der Waals surface area contributed by atoms with Crippen molar-refractivity contribution in [1.82, 2.24) is 4.90 Å². The van der Waals surface area contributed by atoms with Gasteiger partial charge in [-0.2, -0.15) is 0 Å². The zero-order chi connectivity index (χ0) is 16.8. The van der Waals surface area contributed by atoms with Crippen LogP contribution in [0.2, 0.25) is 0 Å². The van der Waals surface area contributed by atoms with Gasteiger partial charge in [-0.05, 0) is 19.8 Å². The second-order valence-electron chi connectivity index (χ2n) is 5.75. The van der Waals surface area contributed by atoms with E-state index < -0.39 is 18.4 Å². The Morgan fingerprint density at radius 1 is 0.818 bits per heavy atom. The molecule has 6 heteroatoms. The van der Waals surface area contributed by atoms with E-state index in [4.69, 9.17) is 9.47 Å². The third-order valence-corrected chi connectivity index (χ3v) is 3.32. The number of nitrogens with zero attached hydrogens (tertiary/aromatic N) is 1. The van der Waals surface area contributed by atoms with E-state index in [1.807, 2.05) is 0 Å². The quantitative estimate of drug-likeness (QED) is 0.308. The van der Waals surface area contributed by atoms with E-state index in [2.05, 4.69) is 13.8 Å². The lowest BCUT2D eigenvalue weighted by Gasteiger charge is -2.29. The molecule has 0 heterocycles. The van der Waals surface area contributed by atoms with Crippen LogP contribution in [-0.4, -0.2) is 78.2 Å². The minimum absolute atomic E-state index is 0.242. The highest BCUT2D eigenvalue weighted by Crippen LogP contribution is 2.03. The van der Waals surface area contributed by atoms with Crippen LogP contribution in [0.5, 0.6) is 0 Å². The average molecular weight is 321 g/mol. The summed E-state index contributed by atoms with van der Waals surface area (Å²) in [6.07, 6.45) is 1.96. The first-order valence-corrected chi connectivity index (χ1v) is 8.44. The number of unbranched alkanes of at least 4 members (excludes halogenated alkanes) is 2. The van der Waals surface area contributed by atoms with Gasteiger partial charge in [0, 0.05) is 26.3 Å². The molecule has 0 aromatic carbocycles. The van der Waals surface area contributed by atoms with Crippen LogP contribution in [0, 0.1) is 0 Å². The molecule has 0 fully saturated rings. The Labute approximate surface area is 135 Å². The predicted octanol–water partition coefficient (Wildman–Crippen LogP) is 0.982. The van der Waals surface area contributed by atoms with E-state index >= 15 is 0 Å². The molecule has 0 aliphatic rings. The topological polar surface area (TPSA) is 82.4 Å². The molecule has 0 radical (unpaired) electrons. The van der Waals surface area contributed by atoms with Crippen LogP contribution in [0.15, 0.2) is 0 Å². The van der Waals surface area contributed by atoms with Gasteiger partial charge in [0.2, 0.25) is 0 Å². The van der Waals surface area contributed by atoms with Crippen molar-refractivity contribution in [2.75, 3.05) is 39.5 Å². The highest BCUT2D eigenvalue weighted by atomic mass is 16.5. The SMILES string of the molecule is CCCCOCC(O)CN(CC(O)COCCCC)C(C)O. The molecule has 0 aliphatic carbocycles. The van der Waals surface area contributed by atoms with Crippen molar-refractivity contribution in [1.29, 1.82) is 0 Å². The monoisotopic (exact) mass is 321 g/mol. The smallest absolute Gasteiger partial charge is 0.104 e. The first-order valence-electron chi connectivity index (χ1n) is 8.44. The molecule has 3 unspecified atom stereocenters. The van der Waals surface area contributed by atoms with Gasteiger partial charge in [0.25, 0.3) is 0 Å². The molecule has 0 amide bonds. The highest BCUT2D eigenvalue weighted by molar-refractivity contribution is 4.69. The van der Waals surface area contributed by atoms with Crippen molar-refractivity contribution < 1.29 is 24.8 Å². The summed E-state index contributed by atoms with van der Waals surface area (Å²) in [5.41, 5.74) is 0. The fourth-order valence-electron chi connectivity index (χ4n) is 1.96. The number of hydrogen-bond donors (Lipinski definition) is 3. The third-order valence-electron chi connectivity index (χ3n) is 3.32. The lowest BCUT2D eigenvalue weighted by molar-refractivity contribution is -0.0628. The molecule has 3 atom stereocenters. The van der Waals surface area contributed by atoms with Crippen molar-refractivity contribution in [3.8, 4) is 0 Å². The summed E-state index contributed by atoms with van der Waals surface area (Å²) in [6, 6.07) is 0. The summed E-state index contributed by atoms with van der Waals surface area (Å²) in [4.78, 5) is 1.63. The van der Waals surface area contributed by atoms with Gasteiger partial charge in [-0.3, -0.25) is 4.90 Å². The first kappa shape index (κ1) is 21.8. The fraction of sp³-hybridized carbons (Fsp3) is 1.00. The summed E-state index contributed by atoms with van der Waals surface area (Å²) in [6.45, 7) is 8.06. The van der Waals surface area contributed by atoms with Crippen LogP contribution >= 0.6 is 0 Å². The lowest BCUT2D eigenvalue weighted by atomic mass is 10.2. The molecule has 6 nitrogen and oxygen atoms in total. The number of rotatable bonds is 15. The van der Waals surface area contributed by atoms with Gasteiger partial charge in [-0.15, -0.1) is 0 Å². The largest absolute Gasteiger partial charge is 0.389 e. The van der Waals surface area contributed by atoms with E-state index in [9.17, 15) is 15.3 Å². The Hall–Kier alpha value is -0.240. The second-order valence-corrected chi connectivity index (χ2v) is 5.75. The van der Waals surface area contributed by atoms with E-state index in [-0.39, 0.29) is 26.3 Å². The van der Waals surface area contributed by atoms with Gasteiger partial charge in [-0.1, -0.05) is 26.7 Å². The van der Waals surface area contributed by atoms with Crippen molar-refractivity contribution in [3.05, 3.63) is 0 Å². The second kappa shape index (κ2) is 14.4. The van der Waals surface area contributed by atoms with E-state index in [1.54, 1.807) is 11.8 Å². The van der Waals surface area contributed by atoms with E-state index in [0.29, 0.717) is 13.2 Å². The Morgan fingerprint density at radius 2 is 1.23 bits per heavy atom. The zero-order valence-electron chi connectivity index (χ0n) is 14.4. The van der Waals surface area contributed by atoms with E-state index in [0.717, 1.165) is 25.7 Å². The molecule has 0 saturated heterocycles. The molecule has 0 saturated carbocycles. The number of ether oxygens (including phenoxy) is 2. The maximum absolute atomic E-state index is 9.94. The summed E-state index contributed by atoms with van der Waals surface area (Å²) in [5.74, 6) is 0. The van der Waals surface area contributed by atoms with E-state index in [1.165, 1.54) is 0 Å². The number of aliphatic hydroxyl groups excluding tert-OH is 3. The molecular weight excluding hydrogens is 286 g/mol. The molecule has 0 aromatic rings. The predicted molar refractivity (Wildman–Crippen MR) is 86.7 cm³/mol. The number of aliphatic hydroxyl groups is 3. The number of hydrogen-bond acceptors (Lipinski definition) is 6. The summed E-state index contributed by atoms with van der Waals surface area (Å²) >= 11 is 0. The lowest BCUT2D eigenvalue weighted by Crippen LogP contribution is -2.45. The Bertz CT molecular complexity index is 221. The summed E-state index contributed by atoms with van der Waals surface area (Å²) in [5, 5.41) is 29.6. The van der Waals surface area contributed by atoms with Crippen LogP contribution in [0.1, 0.15) is 46.5 Å². The van der Waals surface area contributed by atoms with Crippen molar-refractivity contribution in [2.24, 2.45) is 0 Å². The fourth-order valence-corrected chi connectivity index (χ4v) is 1.96. The van der Waals surface area contributed by atoms with Crippen molar-refractivity contribution in [2.45, 2.75) is 64.9 Å². The van der Waals surface area contributed by atoms with Crippen LogP contribution in [0.4, 0.5) is 0 Å². The maximum Gasteiger partial charge on any atom is 0.104 e. The van der Waals surface area contributed by atoms with Crippen molar-refractivity contribution >= 4 is 0 Å². The molecule has 3 N–H and O–H groups in total. The minimum atomic E-state index is -0.740. The van der Waals surface area contributed by atoms with Crippen LogP contribution < -0.4 is 0 Å². The standard InChI is InChI=1S/C16H35NO5/c1-4-6-8-21-12-15(19)10-17(14(3)18)11-16(20)13-22-9-7-5-2/h14-16,18-20H,4-13H2,1-3H3.